The molecule has 4 nitrogen and oxygen atoms in total. The Balaban J connectivity index is 2.07. The van der Waals surface area contributed by atoms with Crippen molar-refractivity contribution in [3.8, 4) is 0 Å². The number of nitrogens with one attached hydrogen (secondary N) is 1. The average Bonchev–Trinajstić information content (AvgIpc) is 2.32. The van der Waals surface area contributed by atoms with Crippen LogP contribution in [0.25, 0.3) is 0 Å². The number of rotatable bonds is 1. The highest BCUT2D eigenvalue weighted by molar-refractivity contribution is 5.74. The van der Waals surface area contributed by atoms with Crippen LogP contribution in [-0.4, -0.2) is 47.7 Å². The highest BCUT2D eigenvalue weighted by Gasteiger charge is 2.36. The van der Waals surface area contributed by atoms with Crippen molar-refractivity contribution < 1.29 is 9.90 Å². The van der Waals surface area contributed by atoms with Gasteiger partial charge in [-0.2, -0.15) is 0 Å². The molecule has 2 bridgehead atoms. The molecule has 0 aliphatic carbocycles. The molecule has 2 rings (SSSR count). The summed E-state index contributed by atoms with van der Waals surface area (Å²) in [6.07, 6.45) is 1.10. The molecule has 0 saturated carbocycles. The van der Waals surface area contributed by atoms with E-state index in [4.69, 9.17) is 5.11 Å². The summed E-state index contributed by atoms with van der Waals surface area (Å²) in [6.45, 7) is 2.46. The second-order valence-corrected chi connectivity index (χ2v) is 3.24. The van der Waals surface area contributed by atoms with Crippen LogP contribution in [-0.2, 0) is 4.79 Å². The van der Waals surface area contributed by atoms with E-state index in [-0.39, 0.29) is 6.04 Å². The van der Waals surface area contributed by atoms with Crippen molar-refractivity contribution in [3.63, 3.8) is 0 Å². The molecule has 4 heteroatoms. The van der Waals surface area contributed by atoms with Gasteiger partial charge < -0.3 is 10.4 Å². The third kappa shape index (κ3) is 1.12. The molecule has 3 unspecified atom stereocenters. The fourth-order valence-electron chi connectivity index (χ4n) is 1.89. The van der Waals surface area contributed by atoms with E-state index < -0.39 is 5.97 Å². The molecular weight excluding hydrogens is 144 g/mol. The Labute approximate surface area is 65.2 Å². The maximum absolute atomic E-state index is 10.7. The van der Waals surface area contributed by atoms with Crippen LogP contribution >= 0.6 is 0 Å². The van der Waals surface area contributed by atoms with Gasteiger partial charge in [0.15, 0.2) is 0 Å². The van der Waals surface area contributed by atoms with Crippen LogP contribution in [0.3, 0.4) is 0 Å². The van der Waals surface area contributed by atoms with Crippen LogP contribution in [0.5, 0.6) is 0 Å². The van der Waals surface area contributed by atoms with Crippen molar-refractivity contribution in [2.45, 2.75) is 18.5 Å². The predicted molar refractivity (Wildman–Crippen MR) is 39.4 cm³/mol. The molecule has 0 radical (unpaired) electrons. The van der Waals surface area contributed by atoms with Crippen molar-refractivity contribution in [1.29, 1.82) is 0 Å². The fraction of sp³-hybridized carbons (Fsp3) is 0.857. The van der Waals surface area contributed by atoms with Crippen LogP contribution in [0.4, 0.5) is 0 Å². The van der Waals surface area contributed by atoms with E-state index in [0.717, 1.165) is 19.5 Å². The molecule has 0 amide bonds. The topological polar surface area (TPSA) is 52.6 Å². The summed E-state index contributed by atoms with van der Waals surface area (Å²) in [7, 11) is 0. The van der Waals surface area contributed by atoms with Crippen LogP contribution in [0.1, 0.15) is 6.42 Å². The van der Waals surface area contributed by atoms with Crippen LogP contribution in [0.15, 0.2) is 0 Å². The number of carboxylic acids is 1. The number of piperazine rings is 1. The Bertz CT molecular complexity index is 183. The van der Waals surface area contributed by atoms with E-state index in [1.54, 1.807) is 0 Å². The van der Waals surface area contributed by atoms with Crippen molar-refractivity contribution >= 4 is 5.97 Å². The Morgan fingerprint density at radius 3 is 3.18 bits per heavy atom. The minimum Gasteiger partial charge on any atom is -0.480 e. The summed E-state index contributed by atoms with van der Waals surface area (Å²) < 4.78 is 0. The number of aliphatic carboxylic acids is 1. The van der Waals surface area contributed by atoms with E-state index in [0.29, 0.717) is 12.6 Å². The van der Waals surface area contributed by atoms with Crippen LogP contribution in [0, 0.1) is 0 Å². The zero-order valence-corrected chi connectivity index (χ0v) is 6.29. The molecule has 0 aromatic heterocycles. The van der Waals surface area contributed by atoms with Gasteiger partial charge in [0.05, 0.1) is 0 Å². The molecule has 11 heavy (non-hydrogen) atoms. The SMILES string of the molecule is O=C(O)C1CNC2CCN1C2. The standard InChI is InChI=1S/C7H12N2O2/c10-7(11)6-3-8-5-1-2-9(6)4-5/h5-6,8H,1-4H2,(H,10,11). The average molecular weight is 156 g/mol. The highest BCUT2D eigenvalue weighted by Crippen LogP contribution is 2.17. The van der Waals surface area contributed by atoms with Gasteiger partial charge in [-0.1, -0.05) is 0 Å². The molecule has 2 aliphatic heterocycles. The van der Waals surface area contributed by atoms with Gasteiger partial charge in [0.25, 0.3) is 0 Å². The van der Waals surface area contributed by atoms with Gasteiger partial charge in [0.1, 0.15) is 6.04 Å². The molecule has 62 valence electrons. The molecule has 2 fully saturated rings. The number of hydrogen-bond acceptors (Lipinski definition) is 3. The Hall–Kier alpha value is -0.610. The summed E-state index contributed by atoms with van der Waals surface area (Å²) in [5.41, 5.74) is 0. The lowest BCUT2D eigenvalue weighted by atomic mass is 10.2. The minimum atomic E-state index is -0.696. The summed E-state index contributed by atoms with van der Waals surface area (Å²) in [6, 6.07) is 0.263. The summed E-state index contributed by atoms with van der Waals surface area (Å²) in [5.74, 6) is -0.696. The first-order valence-corrected chi connectivity index (χ1v) is 3.97. The Kier molecular flexibility index (Phi) is 1.58. The number of carboxylic acid groups (broad SMARTS) is 1. The van der Waals surface area contributed by atoms with Gasteiger partial charge in [-0.15, -0.1) is 0 Å². The molecule has 0 spiro atoms. The number of fused-ring (bicyclic) bond motifs is 2. The van der Waals surface area contributed by atoms with Gasteiger partial charge in [0, 0.05) is 25.7 Å². The van der Waals surface area contributed by atoms with E-state index >= 15 is 0 Å². The Morgan fingerprint density at radius 1 is 1.64 bits per heavy atom. The van der Waals surface area contributed by atoms with E-state index in [2.05, 4.69) is 5.32 Å². The van der Waals surface area contributed by atoms with E-state index in [1.807, 2.05) is 4.90 Å². The first-order valence-electron chi connectivity index (χ1n) is 3.97. The lowest BCUT2D eigenvalue weighted by molar-refractivity contribution is -0.143. The number of carbonyl (C=O) groups is 1. The van der Waals surface area contributed by atoms with Crippen LogP contribution < -0.4 is 5.32 Å². The van der Waals surface area contributed by atoms with Gasteiger partial charge >= 0.3 is 5.97 Å². The first kappa shape index (κ1) is 7.06. The Morgan fingerprint density at radius 2 is 2.45 bits per heavy atom. The van der Waals surface area contributed by atoms with Gasteiger partial charge in [-0.3, -0.25) is 9.69 Å². The van der Waals surface area contributed by atoms with Crippen molar-refractivity contribution in [2.24, 2.45) is 0 Å². The van der Waals surface area contributed by atoms with E-state index in [1.165, 1.54) is 0 Å². The molecule has 2 N–H and O–H groups in total. The number of nitrogens with zero attached hydrogens (tertiary/aromatic N) is 1. The van der Waals surface area contributed by atoms with Gasteiger partial charge in [0.2, 0.25) is 0 Å². The van der Waals surface area contributed by atoms with Crippen LogP contribution in [0.2, 0.25) is 0 Å². The maximum Gasteiger partial charge on any atom is 0.322 e. The van der Waals surface area contributed by atoms with Crippen molar-refractivity contribution in [1.82, 2.24) is 10.2 Å². The molecule has 0 aromatic rings. The second-order valence-electron chi connectivity index (χ2n) is 3.24. The largest absolute Gasteiger partial charge is 0.480 e. The summed E-state index contributed by atoms with van der Waals surface area (Å²) >= 11 is 0. The number of hydrogen-bond donors (Lipinski definition) is 2. The zero-order valence-electron chi connectivity index (χ0n) is 6.29. The first-order chi connectivity index (χ1) is 5.27. The molecule has 2 saturated heterocycles. The predicted octanol–water partition coefficient (Wildman–Crippen LogP) is -0.883. The molecule has 2 heterocycles. The van der Waals surface area contributed by atoms with E-state index in [9.17, 15) is 4.79 Å². The second kappa shape index (κ2) is 2.46. The fourth-order valence-corrected chi connectivity index (χ4v) is 1.89. The lowest BCUT2D eigenvalue weighted by Crippen LogP contribution is -2.53. The van der Waals surface area contributed by atoms with Gasteiger partial charge in [-0.25, -0.2) is 0 Å². The zero-order chi connectivity index (χ0) is 7.84. The minimum absolute atomic E-state index is 0.284. The molecule has 3 atom stereocenters. The maximum atomic E-state index is 10.7. The molecular formula is C7H12N2O2. The normalized spacial score (nSPS) is 42.4. The quantitative estimate of drug-likeness (QED) is 0.517. The van der Waals surface area contributed by atoms with Gasteiger partial charge in [-0.05, 0) is 6.42 Å². The van der Waals surface area contributed by atoms with Crippen molar-refractivity contribution in [3.05, 3.63) is 0 Å². The monoisotopic (exact) mass is 156 g/mol. The highest BCUT2D eigenvalue weighted by atomic mass is 16.4. The third-order valence-corrected chi connectivity index (χ3v) is 2.55. The van der Waals surface area contributed by atoms with Crippen molar-refractivity contribution in [2.75, 3.05) is 19.6 Å². The third-order valence-electron chi connectivity index (χ3n) is 2.55. The molecule has 2 aliphatic rings. The lowest BCUT2D eigenvalue weighted by Gasteiger charge is -2.29. The summed E-state index contributed by atoms with van der Waals surface area (Å²) in [5, 5.41) is 12.0. The summed E-state index contributed by atoms with van der Waals surface area (Å²) in [4.78, 5) is 12.7. The molecule has 0 aromatic carbocycles. The smallest absolute Gasteiger partial charge is 0.322 e.